The molecule has 0 aliphatic carbocycles. The maximum absolute atomic E-state index is 11.4. The lowest BCUT2D eigenvalue weighted by Gasteiger charge is -2.11. The minimum absolute atomic E-state index is 0.153. The molecule has 0 heterocycles. The molecule has 6 heteroatoms. The zero-order valence-corrected chi connectivity index (χ0v) is 9.71. The number of aliphatic carboxylic acids is 1. The lowest BCUT2D eigenvalue weighted by atomic mass is 10.1. The summed E-state index contributed by atoms with van der Waals surface area (Å²) in [5.41, 5.74) is 0.153. The monoisotopic (exact) mass is 234 g/mol. The van der Waals surface area contributed by atoms with Crippen LogP contribution in [0.15, 0.2) is 4.51 Å². The number of hydrogen-bond donors (Lipinski definition) is 2. The van der Waals surface area contributed by atoms with Gasteiger partial charge in [-0.15, -0.1) is 0 Å². The Bertz CT molecular complexity index is 277. The van der Waals surface area contributed by atoms with Gasteiger partial charge in [-0.05, 0) is 19.3 Å². The predicted molar refractivity (Wildman–Crippen MR) is 58.0 cm³/mol. The van der Waals surface area contributed by atoms with Crippen molar-refractivity contribution in [2.75, 3.05) is 0 Å². The van der Waals surface area contributed by atoms with E-state index < -0.39 is 17.9 Å². The fraction of sp³-hybridized carbons (Fsp3) is 0.667. The molecule has 1 atom stereocenters. The summed E-state index contributed by atoms with van der Waals surface area (Å²) < 4.78 is 3.32. The van der Waals surface area contributed by atoms with Gasteiger partial charge in [0, 0.05) is 11.8 Å². The van der Waals surface area contributed by atoms with Gasteiger partial charge in [-0.2, -0.15) is 4.51 Å². The van der Waals surface area contributed by atoms with Crippen molar-refractivity contribution in [1.82, 2.24) is 5.32 Å². The van der Waals surface area contributed by atoms with E-state index in [0.717, 1.165) is 0 Å². The quantitative estimate of drug-likeness (QED) is 0.702. The number of hydrogen-bond acceptors (Lipinski definition) is 3. The number of carboxylic acid groups (broad SMARTS) is 1. The number of rotatable bonds is 5. The number of halogens is 1. The van der Waals surface area contributed by atoms with Crippen LogP contribution in [0.1, 0.15) is 27.2 Å². The van der Waals surface area contributed by atoms with Crippen LogP contribution in [0.4, 0.5) is 0 Å². The third kappa shape index (κ3) is 5.37. The van der Waals surface area contributed by atoms with Crippen molar-refractivity contribution in [3.63, 3.8) is 0 Å². The molecule has 0 spiro atoms. The van der Waals surface area contributed by atoms with E-state index in [1.165, 1.54) is 6.92 Å². The van der Waals surface area contributed by atoms with E-state index in [9.17, 15) is 9.59 Å². The first-order chi connectivity index (χ1) is 6.88. The summed E-state index contributed by atoms with van der Waals surface area (Å²) in [7, 11) is 0. The molecular formula is C9H15ClN2O3. The Morgan fingerprint density at radius 3 is 2.27 bits per heavy atom. The highest BCUT2D eigenvalue weighted by Gasteiger charge is 2.18. The molecule has 0 aliphatic heterocycles. The third-order valence-corrected chi connectivity index (χ3v) is 1.89. The van der Waals surface area contributed by atoms with E-state index in [1.807, 2.05) is 13.8 Å². The summed E-state index contributed by atoms with van der Waals surface area (Å²) in [4.78, 5) is 21.9. The Morgan fingerprint density at radius 2 is 1.93 bits per heavy atom. The normalized spacial score (nSPS) is 13.8. The molecular weight excluding hydrogens is 220 g/mol. The van der Waals surface area contributed by atoms with E-state index in [-0.39, 0.29) is 11.6 Å². The number of carbonyl (C=O) groups is 2. The van der Waals surface area contributed by atoms with Crippen molar-refractivity contribution >= 4 is 29.4 Å². The van der Waals surface area contributed by atoms with Crippen LogP contribution < -0.4 is 5.32 Å². The summed E-state index contributed by atoms with van der Waals surface area (Å²) in [6.45, 7) is 5.20. The first kappa shape index (κ1) is 13.9. The highest BCUT2D eigenvalue weighted by atomic mass is 35.5. The molecule has 0 saturated heterocycles. The number of nitrogens with one attached hydrogen (secondary N) is 1. The number of carboxylic acids is 1. The minimum Gasteiger partial charge on any atom is -0.480 e. The Kier molecular flexibility index (Phi) is 5.93. The van der Waals surface area contributed by atoms with E-state index >= 15 is 0 Å². The fourth-order valence-electron chi connectivity index (χ4n) is 0.894. The van der Waals surface area contributed by atoms with E-state index in [0.29, 0.717) is 6.42 Å². The molecule has 1 amide bonds. The van der Waals surface area contributed by atoms with Gasteiger partial charge < -0.3 is 10.4 Å². The molecule has 0 saturated carbocycles. The second-order valence-corrected chi connectivity index (χ2v) is 3.83. The number of amides is 1. The van der Waals surface area contributed by atoms with E-state index in [1.54, 1.807) is 0 Å². The average Bonchev–Trinajstić information content (AvgIpc) is 2.13. The molecule has 0 fully saturated rings. The molecule has 0 aromatic carbocycles. The zero-order valence-electron chi connectivity index (χ0n) is 8.95. The van der Waals surface area contributed by atoms with Crippen molar-refractivity contribution in [2.45, 2.75) is 33.2 Å². The van der Waals surface area contributed by atoms with Gasteiger partial charge in [-0.3, -0.25) is 9.59 Å². The summed E-state index contributed by atoms with van der Waals surface area (Å²) in [5.74, 6) is -1.40. The van der Waals surface area contributed by atoms with Gasteiger partial charge in [0.25, 0.3) is 5.91 Å². The Labute approximate surface area is 93.6 Å². The molecule has 0 aromatic heterocycles. The summed E-state index contributed by atoms with van der Waals surface area (Å²) in [6.07, 6.45) is 0.418. The van der Waals surface area contributed by atoms with Crippen molar-refractivity contribution in [2.24, 2.45) is 10.4 Å². The standard InChI is InChI=1S/C9H15ClN2O3/c1-5(2)4-7(12-10)8(13)11-6(3)9(14)15/h5-6H,4H2,1-3H3,(H,11,13)(H,14,15)/b12-7-/t6-/m0/s1. The van der Waals surface area contributed by atoms with Gasteiger partial charge in [0.1, 0.15) is 11.8 Å². The maximum atomic E-state index is 11.4. The molecule has 0 rings (SSSR count). The summed E-state index contributed by atoms with van der Waals surface area (Å²) >= 11 is 5.25. The second kappa shape index (κ2) is 6.40. The molecule has 0 radical (unpaired) electrons. The molecule has 5 nitrogen and oxygen atoms in total. The van der Waals surface area contributed by atoms with Crippen LogP contribution in [0.2, 0.25) is 0 Å². The first-order valence-electron chi connectivity index (χ1n) is 4.60. The molecule has 0 aromatic rings. The molecule has 0 aliphatic rings. The fourth-order valence-corrected chi connectivity index (χ4v) is 1.04. The van der Waals surface area contributed by atoms with E-state index in [2.05, 4.69) is 9.83 Å². The van der Waals surface area contributed by atoms with Gasteiger partial charge in [0.15, 0.2) is 0 Å². The predicted octanol–water partition coefficient (Wildman–Crippen LogP) is 1.22. The van der Waals surface area contributed by atoms with Crippen molar-refractivity contribution in [3.8, 4) is 0 Å². The highest BCUT2D eigenvalue weighted by molar-refractivity contribution is 6.43. The van der Waals surface area contributed by atoms with Crippen LogP contribution in [0, 0.1) is 5.92 Å². The van der Waals surface area contributed by atoms with Crippen LogP contribution in [0.5, 0.6) is 0 Å². The van der Waals surface area contributed by atoms with Gasteiger partial charge >= 0.3 is 5.97 Å². The average molecular weight is 235 g/mol. The van der Waals surface area contributed by atoms with Gasteiger partial charge in [0.2, 0.25) is 0 Å². The number of nitrogens with zero attached hydrogens (tertiary/aromatic N) is 1. The lowest BCUT2D eigenvalue weighted by molar-refractivity contribution is -0.140. The smallest absolute Gasteiger partial charge is 0.325 e. The van der Waals surface area contributed by atoms with Crippen molar-refractivity contribution in [3.05, 3.63) is 0 Å². The van der Waals surface area contributed by atoms with Crippen LogP contribution in [-0.2, 0) is 9.59 Å². The van der Waals surface area contributed by atoms with Gasteiger partial charge in [-0.1, -0.05) is 13.8 Å². The van der Waals surface area contributed by atoms with Crippen LogP contribution >= 0.6 is 11.8 Å². The minimum atomic E-state index is -1.10. The SMILES string of the molecule is CC(C)C/C(=N/Cl)C(=O)N[C@@H](C)C(=O)O. The highest BCUT2D eigenvalue weighted by Crippen LogP contribution is 2.03. The molecule has 86 valence electrons. The maximum Gasteiger partial charge on any atom is 0.325 e. The first-order valence-corrected chi connectivity index (χ1v) is 4.93. The van der Waals surface area contributed by atoms with Gasteiger partial charge in [0.05, 0.1) is 0 Å². The number of carbonyl (C=O) groups excluding carboxylic acids is 1. The molecule has 15 heavy (non-hydrogen) atoms. The second-order valence-electron chi connectivity index (χ2n) is 3.66. The van der Waals surface area contributed by atoms with Crippen molar-refractivity contribution < 1.29 is 14.7 Å². The third-order valence-electron chi connectivity index (χ3n) is 1.68. The Morgan fingerprint density at radius 1 is 1.40 bits per heavy atom. The molecule has 2 N–H and O–H groups in total. The summed E-state index contributed by atoms with van der Waals surface area (Å²) in [6, 6.07) is -0.946. The lowest BCUT2D eigenvalue weighted by Crippen LogP contribution is -2.42. The van der Waals surface area contributed by atoms with E-state index in [4.69, 9.17) is 16.9 Å². The van der Waals surface area contributed by atoms with Gasteiger partial charge in [-0.25, -0.2) is 0 Å². The Hall–Kier alpha value is -1.10. The van der Waals surface area contributed by atoms with Crippen LogP contribution in [0.3, 0.4) is 0 Å². The largest absolute Gasteiger partial charge is 0.480 e. The molecule has 0 bridgehead atoms. The van der Waals surface area contributed by atoms with Crippen molar-refractivity contribution in [1.29, 1.82) is 0 Å². The van der Waals surface area contributed by atoms with Crippen LogP contribution in [0.25, 0.3) is 0 Å². The summed E-state index contributed by atoms with van der Waals surface area (Å²) in [5, 5.41) is 10.9. The topological polar surface area (TPSA) is 78.8 Å². The van der Waals surface area contributed by atoms with Crippen LogP contribution in [-0.4, -0.2) is 28.7 Å². The molecule has 0 unspecified atom stereocenters. The Balaban J connectivity index is 4.36. The zero-order chi connectivity index (χ0) is 12.0.